The van der Waals surface area contributed by atoms with Gasteiger partial charge in [-0.05, 0) is 28.7 Å². The number of rotatable bonds is 1. The van der Waals surface area contributed by atoms with Crippen LogP contribution in [0.15, 0.2) is 6.07 Å². The van der Waals surface area contributed by atoms with E-state index in [1.807, 2.05) is 0 Å². The summed E-state index contributed by atoms with van der Waals surface area (Å²) >= 11 is 6.78. The summed E-state index contributed by atoms with van der Waals surface area (Å²) in [4.78, 5) is 2.91. The number of alkyl halides is 3. The van der Waals surface area contributed by atoms with Crippen molar-refractivity contribution in [3.8, 4) is 5.88 Å². The Morgan fingerprint density at radius 2 is 2.00 bits per heavy atom. The average molecular weight is 341 g/mol. The lowest BCUT2D eigenvalue weighted by Gasteiger charge is -2.09. The smallest absolute Gasteiger partial charge is 0.387 e. The first kappa shape index (κ1) is 11.8. The molecule has 14 heavy (non-hydrogen) atoms. The summed E-state index contributed by atoms with van der Waals surface area (Å²) in [7, 11) is 0. The molecule has 0 unspecified atom stereocenters. The number of halogens is 6. The highest BCUT2D eigenvalue weighted by molar-refractivity contribution is 14.1. The van der Waals surface area contributed by atoms with E-state index in [0.29, 0.717) is 0 Å². The van der Waals surface area contributed by atoms with Crippen LogP contribution in [-0.2, 0) is 0 Å². The minimum atomic E-state index is -4.90. The van der Waals surface area contributed by atoms with Gasteiger partial charge in [-0.3, -0.25) is 0 Å². The first-order valence-electron chi connectivity index (χ1n) is 3.07. The second-order valence-electron chi connectivity index (χ2n) is 2.10. The zero-order chi connectivity index (χ0) is 10.9. The van der Waals surface area contributed by atoms with Gasteiger partial charge in [0.25, 0.3) is 0 Å². The molecular weight excluding hydrogens is 340 g/mol. The van der Waals surface area contributed by atoms with Crippen molar-refractivity contribution in [3.05, 3.63) is 20.6 Å². The van der Waals surface area contributed by atoms with Crippen molar-refractivity contribution in [1.29, 1.82) is 0 Å². The third kappa shape index (κ3) is 3.12. The van der Waals surface area contributed by atoms with E-state index in [2.05, 4.69) is 9.72 Å². The van der Waals surface area contributed by atoms with E-state index < -0.39 is 18.2 Å². The van der Waals surface area contributed by atoms with E-state index in [0.717, 1.165) is 6.07 Å². The van der Waals surface area contributed by atoms with Gasteiger partial charge in [-0.1, -0.05) is 11.6 Å². The van der Waals surface area contributed by atoms with Gasteiger partial charge in [-0.2, -0.15) is 9.37 Å². The fourth-order valence-electron chi connectivity index (χ4n) is 0.610. The summed E-state index contributed by atoms with van der Waals surface area (Å²) < 4.78 is 51.3. The highest BCUT2D eigenvalue weighted by atomic mass is 127. The van der Waals surface area contributed by atoms with Gasteiger partial charge < -0.3 is 4.74 Å². The fraction of sp³-hybridized carbons (Fsp3) is 0.167. The highest BCUT2D eigenvalue weighted by Gasteiger charge is 2.33. The first-order chi connectivity index (χ1) is 6.29. The van der Waals surface area contributed by atoms with Gasteiger partial charge >= 0.3 is 6.36 Å². The van der Waals surface area contributed by atoms with Crippen LogP contribution in [0, 0.1) is 9.52 Å². The average Bonchev–Trinajstić information content (AvgIpc) is 1.97. The Bertz CT molecular complexity index is 356. The van der Waals surface area contributed by atoms with Crippen molar-refractivity contribution in [2.75, 3.05) is 0 Å². The van der Waals surface area contributed by atoms with Crippen molar-refractivity contribution in [2.24, 2.45) is 0 Å². The molecule has 1 heterocycles. The van der Waals surface area contributed by atoms with Gasteiger partial charge in [0.15, 0.2) is 0 Å². The molecule has 0 aromatic carbocycles. The molecule has 0 aliphatic heterocycles. The molecule has 1 rings (SSSR count). The lowest BCUT2D eigenvalue weighted by Crippen LogP contribution is -2.19. The molecule has 0 atom stereocenters. The summed E-state index contributed by atoms with van der Waals surface area (Å²) in [5, 5.41) is -0.357. The molecule has 2 nitrogen and oxygen atoms in total. The molecule has 78 valence electrons. The molecular formula is C6HClF4INO. The lowest BCUT2D eigenvalue weighted by molar-refractivity contribution is -0.276. The van der Waals surface area contributed by atoms with Crippen molar-refractivity contribution < 1.29 is 22.3 Å². The molecule has 0 radical (unpaired) electrons. The molecule has 1 aromatic rings. The van der Waals surface area contributed by atoms with Crippen molar-refractivity contribution in [3.63, 3.8) is 0 Å². The second kappa shape index (κ2) is 4.05. The molecule has 0 saturated carbocycles. The van der Waals surface area contributed by atoms with E-state index in [1.54, 1.807) is 0 Å². The molecule has 0 amide bonds. The van der Waals surface area contributed by atoms with Crippen molar-refractivity contribution >= 4 is 34.2 Å². The van der Waals surface area contributed by atoms with E-state index in [1.165, 1.54) is 22.6 Å². The Kier molecular flexibility index (Phi) is 3.40. The summed E-state index contributed by atoms with van der Waals surface area (Å²) in [5.74, 6) is -2.05. The zero-order valence-corrected chi connectivity index (χ0v) is 9.11. The summed E-state index contributed by atoms with van der Waals surface area (Å²) in [6.45, 7) is 0. The van der Waals surface area contributed by atoms with Gasteiger partial charge in [0, 0.05) is 0 Å². The number of nitrogens with zero attached hydrogens (tertiary/aromatic N) is 1. The molecule has 1 aromatic heterocycles. The highest BCUT2D eigenvalue weighted by Crippen LogP contribution is 2.28. The molecule has 0 aliphatic carbocycles. The molecule has 0 spiro atoms. The number of pyridine rings is 1. The monoisotopic (exact) mass is 341 g/mol. The Hall–Kier alpha value is -0.310. The number of hydrogen-bond donors (Lipinski definition) is 0. The maximum atomic E-state index is 12.6. The quantitative estimate of drug-likeness (QED) is 0.444. The Morgan fingerprint density at radius 3 is 2.50 bits per heavy atom. The van der Waals surface area contributed by atoms with Crippen molar-refractivity contribution in [1.82, 2.24) is 4.98 Å². The standard InChI is InChI=1S/C6HClF4INO/c7-2-1-3(12)5(13-4(2)8)14-6(9,10)11/h1H. The number of ether oxygens (including phenoxy) is 1. The SMILES string of the molecule is Fc1nc(OC(F)(F)F)c(I)cc1Cl. The van der Waals surface area contributed by atoms with Gasteiger partial charge in [0.2, 0.25) is 11.8 Å². The third-order valence-corrected chi connectivity index (χ3v) is 2.10. The van der Waals surface area contributed by atoms with Gasteiger partial charge in [0.05, 0.1) is 8.59 Å². The van der Waals surface area contributed by atoms with Crippen LogP contribution in [0.2, 0.25) is 5.02 Å². The summed E-state index contributed by atoms with van der Waals surface area (Å²) in [5.41, 5.74) is 0. The Morgan fingerprint density at radius 1 is 1.43 bits per heavy atom. The zero-order valence-electron chi connectivity index (χ0n) is 6.20. The third-order valence-electron chi connectivity index (χ3n) is 1.07. The van der Waals surface area contributed by atoms with E-state index in [4.69, 9.17) is 11.6 Å². The van der Waals surface area contributed by atoms with Crippen LogP contribution in [0.4, 0.5) is 17.6 Å². The van der Waals surface area contributed by atoms with Gasteiger partial charge in [-0.15, -0.1) is 13.2 Å². The van der Waals surface area contributed by atoms with Crippen LogP contribution < -0.4 is 4.74 Å². The first-order valence-corrected chi connectivity index (χ1v) is 4.52. The number of aromatic nitrogens is 1. The molecule has 0 fully saturated rings. The van der Waals surface area contributed by atoms with E-state index in [-0.39, 0.29) is 8.59 Å². The Balaban J connectivity index is 3.04. The van der Waals surface area contributed by atoms with Crippen LogP contribution in [0.5, 0.6) is 5.88 Å². The second-order valence-corrected chi connectivity index (χ2v) is 3.67. The predicted molar refractivity (Wildman–Crippen MR) is 48.6 cm³/mol. The van der Waals surface area contributed by atoms with E-state index >= 15 is 0 Å². The van der Waals surface area contributed by atoms with E-state index in [9.17, 15) is 17.6 Å². The minimum Gasteiger partial charge on any atom is -0.387 e. The fourth-order valence-corrected chi connectivity index (χ4v) is 1.49. The predicted octanol–water partition coefficient (Wildman–Crippen LogP) is 3.38. The van der Waals surface area contributed by atoms with Crippen molar-refractivity contribution in [2.45, 2.75) is 6.36 Å². The summed E-state index contributed by atoms with van der Waals surface area (Å²) in [6, 6.07) is 0.992. The molecule has 0 N–H and O–H groups in total. The molecule has 8 heteroatoms. The number of hydrogen-bond acceptors (Lipinski definition) is 2. The van der Waals surface area contributed by atoms with Crippen LogP contribution in [-0.4, -0.2) is 11.3 Å². The maximum absolute atomic E-state index is 12.6. The topological polar surface area (TPSA) is 22.1 Å². The molecule has 0 saturated heterocycles. The largest absolute Gasteiger partial charge is 0.574 e. The maximum Gasteiger partial charge on any atom is 0.574 e. The summed E-state index contributed by atoms with van der Waals surface area (Å²) in [6.07, 6.45) is -4.90. The van der Waals surface area contributed by atoms with Crippen LogP contribution in [0.25, 0.3) is 0 Å². The lowest BCUT2D eigenvalue weighted by atomic mass is 10.5. The normalized spacial score (nSPS) is 11.6. The molecule has 0 aliphatic rings. The molecule has 0 bridgehead atoms. The minimum absolute atomic E-state index is 0.0219. The van der Waals surface area contributed by atoms with Crippen LogP contribution in [0.1, 0.15) is 0 Å². The van der Waals surface area contributed by atoms with Gasteiger partial charge in [0.1, 0.15) is 0 Å². The Labute approximate surface area is 94.4 Å². The van der Waals surface area contributed by atoms with Crippen LogP contribution >= 0.6 is 34.2 Å². The van der Waals surface area contributed by atoms with Gasteiger partial charge in [-0.25, -0.2) is 0 Å². The van der Waals surface area contributed by atoms with Crippen LogP contribution in [0.3, 0.4) is 0 Å².